The fourth-order valence-corrected chi connectivity index (χ4v) is 4.56. The van der Waals surface area contributed by atoms with Gasteiger partial charge in [0.05, 0.1) is 16.8 Å². The Hall–Kier alpha value is -3.45. The summed E-state index contributed by atoms with van der Waals surface area (Å²) < 4.78 is 27.9. The maximum Gasteiger partial charge on any atom is 0.264 e. The molecule has 0 atom stereocenters. The van der Waals surface area contributed by atoms with E-state index in [9.17, 15) is 13.2 Å². The van der Waals surface area contributed by atoms with E-state index in [4.69, 9.17) is 0 Å². The molecule has 1 N–H and O–H groups in total. The number of hydrazone groups is 1. The smallest absolute Gasteiger partial charge is 0.264 e. The lowest BCUT2D eigenvalue weighted by molar-refractivity contribution is -0.119. The predicted molar refractivity (Wildman–Crippen MR) is 124 cm³/mol. The van der Waals surface area contributed by atoms with Gasteiger partial charge in [0.1, 0.15) is 6.54 Å². The summed E-state index contributed by atoms with van der Waals surface area (Å²) in [5.41, 5.74) is 6.48. The normalized spacial score (nSPS) is 11.5. The third kappa shape index (κ3) is 5.58. The van der Waals surface area contributed by atoms with Crippen LogP contribution in [0.4, 0.5) is 5.69 Å². The number of benzene rings is 3. The van der Waals surface area contributed by atoms with E-state index in [1.807, 2.05) is 44.2 Å². The maximum absolute atomic E-state index is 13.4. The molecule has 0 radical (unpaired) electrons. The van der Waals surface area contributed by atoms with Gasteiger partial charge in [0.2, 0.25) is 0 Å². The van der Waals surface area contributed by atoms with Crippen LogP contribution in [-0.4, -0.2) is 27.1 Å². The van der Waals surface area contributed by atoms with Gasteiger partial charge >= 0.3 is 0 Å². The Morgan fingerprint density at radius 2 is 1.65 bits per heavy atom. The molecule has 0 aliphatic heterocycles. The number of nitrogens with zero attached hydrogens (tertiary/aromatic N) is 2. The molecule has 31 heavy (non-hydrogen) atoms. The highest BCUT2D eigenvalue weighted by Gasteiger charge is 2.28. The van der Waals surface area contributed by atoms with Crippen LogP contribution < -0.4 is 9.73 Å². The largest absolute Gasteiger partial charge is 0.271 e. The molecule has 160 valence electrons. The molecule has 0 fully saturated rings. The van der Waals surface area contributed by atoms with Gasteiger partial charge in [-0.3, -0.25) is 9.10 Å². The van der Waals surface area contributed by atoms with E-state index in [-0.39, 0.29) is 4.90 Å². The number of para-hydroxylation sites is 1. The maximum atomic E-state index is 13.4. The summed E-state index contributed by atoms with van der Waals surface area (Å²) >= 11 is 0. The molecule has 0 saturated carbocycles. The molecule has 1 amide bonds. The summed E-state index contributed by atoms with van der Waals surface area (Å²) in [6.07, 6.45) is 1.53. The van der Waals surface area contributed by atoms with Crippen molar-refractivity contribution in [1.82, 2.24) is 5.43 Å². The van der Waals surface area contributed by atoms with Gasteiger partial charge in [-0.15, -0.1) is 0 Å². The van der Waals surface area contributed by atoms with Crippen molar-refractivity contribution in [2.45, 2.75) is 25.7 Å². The van der Waals surface area contributed by atoms with E-state index >= 15 is 0 Å². The standard InChI is InChI=1S/C24H25N3O3S/c1-18-11-13-22(14-12-18)31(29,30)27(23-10-5-4-8-20(23)3)17-24(28)26-25-16-21-9-6-7-19(2)15-21/h4-16H,17H2,1-3H3,(H,26,28). The van der Waals surface area contributed by atoms with Gasteiger partial charge in [-0.1, -0.05) is 65.7 Å². The van der Waals surface area contributed by atoms with Gasteiger partial charge < -0.3 is 0 Å². The number of anilines is 1. The van der Waals surface area contributed by atoms with Crippen molar-refractivity contribution < 1.29 is 13.2 Å². The van der Waals surface area contributed by atoms with E-state index in [1.165, 1.54) is 6.21 Å². The average molecular weight is 436 g/mol. The molecule has 0 aromatic heterocycles. The van der Waals surface area contributed by atoms with Crippen molar-refractivity contribution in [3.8, 4) is 0 Å². The zero-order chi connectivity index (χ0) is 22.4. The molecule has 0 heterocycles. The Morgan fingerprint density at radius 1 is 0.935 bits per heavy atom. The van der Waals surface area contributed by atoms with E-state index in [0.717, 1.165) is 26.6 Å². The van der Waals surface area contributed by atoms with Crippen LogP contribution in [0.5, 0.6) is 0 Å². The molecular weight excluding hydrogens is 410 g/mol. The number of carbonyl (C=O) groups excluding carboxylic acids is 1. The second-order valence-electron chi connectivity index (χ2n) is 7.32. The van der Waals surface area contributed by atoms with E-state index in [2.05, 4.69) is 10.5 Å². The van der Waals surface area contributed by atoms with Crippen LogP contribution in [0, 0.1) is 20.8 Å². The topological polar surface area (TPSA) is 78.8 Å². The van der Waals surface area contributed by atoms with Crippen LogP contribution in [0.2, 0.25) is 0 Å². The molecule has 3 aromatic rings. The summed E-state index contributed by atoms with van der Waals surface area (Å²) in [6, 6.07) is 21.3. The number of nitrogens with one attached hydrogen (secondary N) is 1. The first-order chi connectivity index (χ1) is 14.8. The van der Waals surface area contributed by atoms with Crippen LogP contribution in [0.3, 0.4) is 0 Å². The Bertz CT molecular complexity index is 1200. The van der Waals surface area contributed by atoms with Crippen molar-refractivity contribution in [1.29, 1.82) is 0 Å². The van der Waals surface area contributed by atoms with Crippen molar-refractivity contribution in [3.63, 3.8) is 0 Å². The van der Waals surface area contributed by atoms with Gasteiger partial charge in [0, 0.05) is 0 Å². The number of amides is 1. The minimum Gasteiger partial charge on any atom is -0.271 e. The Morgan fingerprint density at radius 3 is 2.32 bits per heavy atom. The van der Waals surface area contributed by atoms with Crippen LogP contribution in [-0.2, 0) is 14.8 Å². The first-order valence-electron chi connectivity index (χ1n) is 9.81. The third-order valence-electron chi connectivity index (χ3n) is 4.73. The molecular formula is C24H25N3O3S. The summed E-state index contributed by atoms with van der Waals surface area (Å²) in [5.74, 6) is -0.539. The van der Waals surface area contributed by atoms with Crippen molar-refractivity contribution in [2.75, 3.05) is 10.8 Å². The second-order valence-corrected chi connectivity index (χ2v) is 9.18. The second kappa shape index (κ2) is 9.57. The first-order valence-corrected chi connectivity index (χ1v) is 11.2. The fraction of sp³-hybridized carbons (Fsp3) is 0.167. The highest BCUT2D eigenvalue weighted by molar-refractivity contribution is 7.92. The summed E-state index contributed by atoms with van der Waals surface area (Å²) in [4.78, 5) is 12.7. The predicted octanol–water partition coefficient (Wildman–Crippen LogP) is 3.96. The van der Waals surface area contributed by atoms with E-state index in [0.29, 0.717) is 5.69 Å². The van der Waals surface area contributed by atoms with Gasteiger partial charge in [0.25, 0.3) is 15.9 Å². The van der Waals surface area contributed by atoms with Gasteiger partial charge in [-0.05, 0) is 50.1 Å². The molecule has 0 saturated heterocycles. The van der Waals surface area contributed by atoms with Crippen LogP contribution >= 0.6 is 0 Å². The summed E-state index contributed by atoms with van der Waals surface area (Å²) in [7, 11) is -3.95. The number of carbonyl (C=O) groups is 1. The SMILES string of the molecule is Cc1ccc(S(=O)(=O)N(CC(=O)NN=Cc2cccc(C)c2)c2ccccc2C)cc1. The zero-order valence-corrected chi connectivity index (χ0v) is 18.6. The van der Waals surface area contributed by atoms with E-state index < -0.39 is 22.5 Å². The average Bonchev–Trinajstić information content (AvgIpc) is 2.73. The minimum atomic E-state index is -3.95. The highest BCUT2D eigenvalue weighted by atomic mass is 32.2. The van der Waals surface area contributed by atoms with Gasteiger partial charge in [0.15, 0.2) is 0 Å². The molecule has 0 bridgehead atoms. The van der Waals surface area contributed by atoms with Gasteiger partial charge in [-0.2, -0.15) is 5.10 Å². The Kier molecular flexibility index (Phi) is 6.87. The number of aryl methyl sites for hydroxylation is 3. The van der Waals surface area contributed by atoms with Crippen molar-refractivity contribution in [2.24, 2.45) is 5.10 Å². The molecule has 3 aromatic carbocycles. The lowest BCUT2D eigenvalue weighted by atomic mass is 10.2. The first kappa shape index (κ1) is 22.2. The van der Waals surface area contributed by atoms with Crippen molar-refractivity contribution in [3.05, 3.63) is 95.1 Å². The van der Waals surface area contributed by atoms with Crippen LogP contribution in [0.1, 0.15) is 22.3 Å². The zero-order valence-electron chi connectivity index (χ0n) is 17.7. The Labute approximate surface area is 183 Å². The molecule has 0 aliphatic rings. The molecule has 7 heteroatoms. The third-order valence-corrected chi connectivity index (χ3v) is 6.50. The van der Waals surface area contributed by atoms with Crippen LogP contribution in [0.15, 0.2) is 82.8 Å². The molecule has 0 aliphatic carbocycles. The Balaban J connectivity index is 1.86. The molecule has 0 unspecified atom stereocenters. The quantitative estimate of drug-likeness (QED) is 0.451. The number of rotatable bonds is 7. The number of hydrogen-bond donors (Lipinski definition) is 1. The minimum absolute atomic E-state index is 0.123. The summed E-state index contributed by atoms with van der Waals surface area (Å²) in [5, 5.41) is 3.97. The highest BCUT2D eigenvalue weighted by Crippen LogP contribution is 2.26. The van der Waals surface area contributed by atoms with E-state index in [1.54, 1.807) is 49.4 Å². The van der Waals surface area contributed by atoms with Crippen LogP contribution in [0.25, 0.3) is 0 Å². The van der Waals surface area contributed by atoms with Gasteiger partial charge in [-0.25, -0.2) is 13.8 Å². The number of hydrogen-bond acceptors (Lipinski definition) is 4. The fourth-order valence-electron chi connectivity index (χ4n) is 3.08. The van der Waals surface area contributed by atoms with Crippen molar-refractivity contribution >= 4 is 27.8 Å². The molecule has 0 spiro atoms. The number of sulfonamides is 1. The lowest BCUT2D eigenvalue weighted by Gasteiger charge is -2.25. The molecule has 6 nitrogen and oxygen atoms in total. The lowest BCUT2D eigenvalue weighted by Crippen LogP contribution is -2.40. The monoisotopic (exact) mass is 435 g/mol. The summed E-state index contributed by atoms with van der Waals surface area (Å²) in [6.45, 7) is 5.26. The molecule has 3 rings (SSSR count).